The molecule has 0 saturated carbocycles. The Kier molecular flexibility index (Phi) is 5.32. The third-order valence-corrected chi connectivity index (χ3v) is 4.93. The van der Waals surface area contributed by atoms with Gasteiger partial charge in [-0.2, -0.15) is 10.1 Å². The molecule has 0 aliphatic heterocycles. The van der Waals surface area contributed by atoms with Gasteiger partial charge in [-0.15, -0.1) is 10.2 Å². The van der Waals surface area contributed by atoms with Gasteiger partial charge >= 0.3 is 0 Å². The zero-order chi connectivity index (χ0) is 21.8. The number of rotatable bonds is 7. The van der Waals surface area contributed by atoms with Gasteiger partial charge in [-0.05, 0) is 35.4 Å². The minimum Gasteiger partial charge on any atom is -0.493 e. The minimum absolute atomic E-state index is 0.301. The topological polar surface area (TPSA) is 97.3 Å². The summed E-state index contributed by atoms with van der Waals surface area (Å²) in [6, 6.07) is 23.5. The van der Waals surface area contributed by atoms with E-state index in [0.717, 1.165) is 27.5 Å². The number of anilines is 1. The molecule has 0 spiro atoms. The molecule has 3 aromatic carbocycles. The summed E-state index contributed by atoms with van der Waals surface area (Å²) >= 11 is 0. The van der Waals surface area contributed by atoms with Crippen LogP contribution in [0.3, 0.4) is 0 Å². The summed E-state index contributed by atoms with van der Waals surface area (Å²) in [5, 5.41) is 13.6. The van der Waals surface area contributed by atoms with Crippen LogP contribution in [0.5, 0.6) is 11.5 Å². The van der Waals surface area contributed by atoms with Crippen molar-refractivity contribution in [2.75, 3.05) is 12.5 Å². The normalized spacial score (nSPS) is 11.3. The Morgan fingerprint density at radius 1 is 0.969 bits per heavy atom. The summed E-state index contributed by atoms with van der Waals surface area (Å²) in [6.45, 7) is 0.465. The van der Waals surface area contributed by atoms with Crippen LogP contribution in [-0.2, 0) is 6.61 Å². The van der Waals surface area contributed by atoms with Gasteiger partial charge in [0.15, 0.2) is 17.1 Å². The van der Waals surface area contributed by atoms with Crippen LogP contribution in [-0.4, -0.2) is 33.5 Å². The van der Waals surface area contributed by atoms with E-state index in [1.165, 1.54) is 0 Å². The molecule has 8 heteroatoms. The number of aromatic nitrogens is 4. The monoisotopic (exact) mass is 424 g/mol. The van der Waals surface area contributed by atoms with Crippen LogP contribution >= 0.6 is 0 Å². The molecular formula is C24H20N6O2. The van der Waals surface area contributed by atoms with Crippen LogP contribution in [0.2, 0.25) is 0 Å². The number of hydrazone groups is 1. The lowest BCUT2D eigenvalue weighted by Crippen LogP contribution is -2.00. The Morgan fingerprint density at radius 2 is 1.81 bits per heavy atom. The van der Waals surface area contributed by atoms with Gasteiger partial charge in [0.05, 0.1) is 13.3 Å². The first-order chi connectivity index (χ1) is 15.8. The molecule has 2 heterocycles. The van der Waals surface area contributed by atoms with E-state index in [2.05, 4.69) is 30.7 Å². The standard InChI is InChI=1S/C24H20N6O2/c1-31-21-13-17(11-12-20(21)32-15-16-7-3-2-4-8-16)14-25-29-24-27-23-22(28-30-24)18-9-5-6-10-19(18)26-23/h2-14H,15H2,1H3,(H2,26,27,29,30)/b25-14-. The summed E-state index contributed by atoms with van der Waals surface area (Å²) in [7, 11) is 1.61. The highest BCUT2D eigenvalue weighted by Gasteiger charge is 2.08. The maximum Gasteiger partial charge on any atom is 0.265 e. The Balaban J connectivity index is 1.28. The number of ether oxygens (including phenoxy) is 2. The van der Waals surface area contributed by atoms with Crippen LogP contribution in [0, 0.1) is 0 Å². The van der Waals surface area contributed by atoms with Crippen molar-refractivity contribution in [2.24, 2.45) is 5.10 Å². The molecule has 0 fully saturated rings. The fourth-order valence-electron chi connectivity index (χ4n) is 3.35. The Bertz CT molecular complexity index is 1400. The Morgan fingerprint density at radius 3 is 2.69 bits per heavy atom. The first kappa shape index (κ1) is 19.5. The van der Waals surface area contributed by atoms with Crippen molar-refractivity contribution in [1.82, 2.24) is 20.2 Å². The van der Waals surface area contributed by atoms with Crippen molar-refractivity contribution in [3.05, 3.63) is 83.9 Å². The van der Waals surface area contributed by atoms with Gasteiger partial charge < -0.3 is 14.5 Å². The van der Waals surface area contributed by atoms with Gasteiger partial charge in [0, 0.05) is 10.9 Å². The molecule has 0 aliphatic carbocycles. The number of hydrogen-bond donors (Lipinski definition) is 2. The first-order valence-electron chi connectivity index (χ1n) is 10.0. The van der Waals surface area contributed by atoms with Gasteiger partial charge in [-0.1, -0.05) is 48.5 Å². The molecule has 158 valence electrons. The van der Waals surface area contributed by atoms with E-state index < -0.39 is 0 Å². The maximum atomic E-state index is 5.89. The number of nitrogens with zero attached hydrogens (tertiary/aromatic N) is 4. The molecule has 0 amide bonds. The predicted octanol–water partition coefficient (Wildman–Crippen LogP) is 4.54. The molecule has 2 N–H and O–H groups in total. The number of hydrogen-bond acceptors (Lipinski definition) is 7. The number of para-hydroxylation sites is 1. The molecule has 0 aliphatic rings. The smallest absolute Gasteiger partial charge is 0.265 e. The number of fused-ring (bicyclic) bond motifs is 3. The molecule has 0 bridgehead atoms. The second kappa shape index (κ2) is 8.73. The van der Waals surface area contributed by atoms with Crippen LogP contribution in [0.1, 0.15) is 11.1 Å². The number of benzene rings is 3. The van der Waals surface area contributed by atoms with E-state index in [0.29, 0.717) is 29.7 Å². The molecule has 0 unspecified atom stereocenters. The predicted molar refractivity (Wildman–Crippen MR) is 124 cm³/mol. The lowest BCUT2D eigenvalue weighted by Gasteiger charge is -2.11. The second-order valence-electron chi connectivity index (χ2n) is 7.06. The van der Waals surface area contributed by atoms with E-state index in [1.54, 1.807) is 13.3 Å². The first-order valence-corrected chi connectivity index (χ1v) is 10.0. The van der Waals surface area contributed by atoms with Gasteiger partial charge in [0.25, 0.3) is 5.95 Å². The summed E-state index contributed by atoms with van der Waals surface area (Å²) in [5.41, 5.74) is 7.09. The lowest BCUT2D eigenvalue weighted by molar-refractivity contribution is 0.284. The highest BCUT2D eigenvalue weighted by Crippen LogP contribution is 2.28. The Labute approximate surface area is 183 Å². The molecule has 0 atom stereocenters. The fourth-order valence-corrected chi connectivity index (χ4v) is 3.35. The fraction of sp³-hybridized carbons (Fsp3) is 0.0833. The van der Waals surface area contributed by atoms with Crippen molar-refractivity contribution in [1.29, 1.82) is 0 Å². The van der Waals surface area contributed by atoms with E-state index in [9.17, 15) is 0 Å². The van der Waals surface area contributed by atoms with Crippen LogP contribution in [0.25, 0.3) is 22.1 Å². The minimum atomic E-state index is 0.301. The third-order valence-electron chi connectivity index (χ3n) is 4.93. The molecule has 2 aromatic heterocycles. The highest BCUT2D eigenvalue weighted by atomic mass is 16.5. The van der Waals surface area contributed by atoms with Gasteiger partial charge in [0.2, 0.25) is 0 Å². The number of methoxy groups -OCH3 is 1. The molecule has 8 nitrogen and oxygen atoms in total. The Hall–Kier alpha value is -4.46. The van der Waals surface area contributed by atoms with Crippen LogP contribution in [0.4, 0.5) is 5.95 Å². The molecule has 0 saturated heterocycles. The van der Waals surface area contributed by atoms with Crippen molar-refractivity contribution < 1.29 is 9.47 Å². The van der Waals surface area contributed by atoms with Gasteiger partial charge in [-0.25, -0.2) is 5.43 Å². The van der Waals surface area contributed by atoms with Gasteiger partial charge in [-0.3, -0.25) is 0 Å². The quantitative estimate of drug-likeness (QED) is 0.294. The number of aromatic amines is 1. The maximum absolute atomic E-state index is 5.89. The second-order valence-corrected chi connectivity index (χ2v) is 7.06. The van der Waals surface area contributed by atoms with E-state index in [4.69, 9.17) is 9.47 Å². The molecule has 32 heavy (non-hydrogen) atoms. The van der Waals surface area contributed by atoms with E-state index >= 15 is 0 Å². The van der Waals surface area contributed by atoms with Crippen LogP contribution in [0.15, 0.2) is 77.9 Å². The van der Waals surface area contributed by atoms with E-state index in [-0.39, 0.29) is 0 Å². The van der Waals surface area contributed by atoms with Crippen molar-refractivity contribution in [3.63, 3.8) is 0 Å². The summed E-state index contributed by atoms with van der Waals surface area (Å²) < 4.78 is 11.4. The zero-order valence-corrected chi connectivity index (χ0v) is 17.3. The molecule has 5 aromatic rings. The molecular weight excluding hydrogens is 404 g/mol. The van der Waals surface area contributed by atoms with Crippen molar-refractivity contribution in [3.8, 4) is 11.5 Å². The summed E-state index contributed by atoms with van der Waals surface area (Å²) in [5.74, 6) is 1.59. The number of nitrogens with one attached hydrogen (secondary N) is 2. The largest absolute Gasteiger partial charge is 0.493 e. The lowest BCUT2D eigenvalue weighted by atomic mass is 10.2. The highest BCUT2D eigenvalue weighted by molar-refractivity contribution is 6.03. The van der Waals surface area contributed by atoms with E-state index in [1.807, 2.05) is 72.8 Å². The average Bonchev–Trinajstić information content (AvgIpc) is 3.21. The molecule has 0 radical (unpaired) electrons. The summed E-state index contributed by atoms with van der Waals surface area (Å²) in [6.07, 6.45) is 1.66. The van der Waals surface area contributed by atoms with Crippen LogP contribution < -0.4 is 14.9 Å². The average molecular weight is 424 g/mol. The third kappa shape index (κ3) is 4.06. The number of H-pyrrole nitrogens is 1. The SMILES string of the molecule is COc1cc(/C=N\Nc2nnc3c(n2)[nH]c2ccccc23)ccc1OCc1ccccc1. The van der Waals surface area contributed by atoms with Crippen molar-refractivity contribution >= 4 is 34.2 Å². The molecule has 5 rings (SSSR count). The zero-order valence-electron chi connectivity index (χ0n) is 17.3. The van der Waals surface area contributed by atoms with Crippen molar-refractivity contribution in [2.45, 2.75) is 6.61 Å². The summed E-state index contributed by atoms with van der Waals surface area (Å²) in [4.78, 5) is 7.68. The van der Waals surface area contributed by atoms with Gasteiger partial charge in [0.1, 0.15) is 12.1 Å².